The Morgan fingerprint density at radius 2 is 2.08 bits per heavy atom. The molecule has 0 aliphatic carbocycles. The van der Waals surface area contributed by atoms with Crippen LogP contribution in [0.1, 0.15) is 36.3 Å². The van der Waals surface area contributed by atoms with E-state index >= 15 is 0 Å². The fraction of sp³-hybridized carbons (Fsp3) is 0.444. The lowest BCUT2D eigenvalue weighted by molar-refractivity contribution is -0.137. The van der Waals surface area contributed by atoms with Crippen molar-refractivity contribution in [3.05, 3.63) is 52.6 Å². The first kappa shape index (κ1) is 17.0. The molecule has 2 heterocycles. The second-order valence-corrected chi connectivity index (χ2v) is 6.69. The number of fused-ring (bicyclic) bond motifs is 1. The molecule has 2 aromatic rings. The van der Waals surface area contributed by atoms with Crippen LogP contribution in [0.3, 0.4) is 0 Å². The minimum absolute atomic E-state index is 0.196. The molecule has 0 saturated heterocycles. The van der Waals surface area contributed by atoms with Crippen molar-refractivity contribution in [2.45, 2.75) is 45.3 Å². The van der Waals surface area contributed by atoms with Crippen LogP contribution >= 0.6 is 11.6 Å². The summed E-state index contributed by atoms with van der Waals surface area (Å²) < 4.78 is 2.30. The topological polar surface area (TPSA) is 58.4 Å². The second kappa shape index (κ2) is 7.81. The van der Waals surface area contributed by atoms with Gasteiger partial charge in [-0.25, -0.2) is 4.98 Å². The Bertz CT molecular complexity index is 697. The summed E-state index contributed by atoms with van der Waals surface area (Å²) in [5.74, 6) is 0.425. The Kier molecular flexibility index (Phi) is 5.53. The van der Waals surface area contributed by atoms with Gasteiger partial charge in [-0.3, -0.25) is 9.69 Å². The average Bonchev–Trinajstić information content (AvgIpc) is 3.14. The highest BCUT2D eigenvalue weighted by Gasteiger charge is 2.18. The number of rotatable bonds is 8. The van der Waals surface area contributed by atoms with Crippen LogP contribution in [0.15, 0.2) is 30.5 Å². The summed E-state index contributed by atoms with van der Waals surface area (Å²) in [5, 5.41) is 9.61. The first-order valence-corrected chi connectivity index (χ1v) is 8.71. The highest BCUT2D eigenvalue weighted by Crippen LogP contribution is 2.19. The predicted octanol–water partition coefficient (Wildman–Crippen LogP) is 3.35. The van der Waals surface area contributed by atoms with Crippen LogP contribution < -0.4 is 0 Å². The van der Waals surface area contributed by atoms with Crippen molar-refractivity contribution in [2.24, 2.45) is 0 Å². The number of halogens is 1. The van der Waals surface area contributed by atoms with E-state index in [0.717, 1.165) is 44.0 Å². The molecule has 128 valence electrons. The number of aromatic nitrogens is 2. The summed E-state index contributed by atoms with van der Waals surface area (Å²) in [7, 11) is 0. The summed E-state index contributed by atoms with van der Waals surface area (Å²) >= 11 is 5.96. The molecule has 1 N–H and O–H groups in total. The zero-order valence-electron chi connectivity index (χ0n) is 13.6. The number of nitrogens with zero attached hydrogens (tertiary/aromatic N) is 3. The van der Waals surface area contributed by atoms with Crippen molar-refractivity contribution < 1.29 is 9.90 Å². The van der Waals surface area contributed by atoms with Gasteiger partial charge in [0.05, 0.1) is 5.69 Å². The van der Waals surface area contributed by atoms with Crippen LogP contribution in [-0.2, 0) is 30.8 Å². The van der Waals surface area contributed by atoms with Crippen molar-refractivity contribution in [2.75, 3.05) is 6.54 Å². The number of imidazole rings is 1. The molecule has 0 spiro atoms. The summed E-state index contributed by atoms with van der Waals surface area (Å²) in [6.07, 6.45) is 5.01. The number of benzene rings is 1. The van der Waals surface area contributed by atoms with E-state index in [9.17, 15) is 4.79 Å². The second-order valence-electron chi connectivity index (χ2n) is 6.26. The van der Waals surface area contributed by atoms with Crippen molar-refractivity contribution in [1.82, 2.24) is 14.5 Å². The molecule has 0 unspecified atom stereocenters. The van der Waals surface area contributed by atoms with Gasteiger partial charge in [-0.05, 0) is 37.1 Å². The zero-order valence-corrected chi connectivity index (χ0v) is 14.4. The molecule has 0 radical (unpaired) electrons. The van der Waals surface area contributed by atoms with E-state index in [4.69, 9.17) is 16.7 Å². The van der Waals surface area contributed by atoms with E-state index < -0.39 is 5.97 Å². The maximum Gasteiger partial charge on any atom is 0.303 e. The summed E-state index contributed by atoms with van der Waals surface area (Å²) in [4.78, 5) is 17.6. The minimum atomic E-state index is -0.744. The number of carbonyl (C=O) groups is 1. The smallest absolute Gasteiger partial charge is 0.303 e. The fourth-order valence-electron chi connectivity index (χ4n) is 3.19. The molecule has 3 rings (SSSR count). The Morgan fingerprint density at radius 3 is 2.83 bits per heavy atom. The lowest BCUT2D eigenvalue weighted by Crippen LogP contribution is -2.25. The van der Waals surface area contributed by atoms with E-state index in [1.54, 1.807) is 0 Å². The minimum Gasteiger partial charge on any atom is -0.481 e. The van der Waals surface area contributed by atoms with Gasteiger partial charge in [0.1, 0.15) is 5.82 Å². The highest BCUT2D eigenvalue weighted by atomic mass is 35.5. The van der Waals surface area contributed by atoms with Crippen molar-refractivity contribution in [3.63, 3.8) is 0 Å². The standard InChI is InChI=1S/C18H22ClN3O2/c19-15-7-5-14(6-8-15)12-21(9-2-4-18(23)24)13-16-11-20-17-3-1-10-22(16)17/h5-8,11H,1-4,9-10,12-13H2,(H,23,24). The molecular formula is C18H22ClN3O2. The van der Waals surface area contributed by atoms with Gasteiger partial charge in [0.2, 0.25) is 0 Å². The van der Waals surface area contributed by atoms with Gasteiger partial charge in [0, 0.05) is 43.7 Å². The Morgan fingerprint density at radius 1 is 1.29 bits per heavy atom. The van der Waals surface area contributed by atoms with Gasteiger partial charge in [0.25, 0.3) is 0 Å². The molecule has 1 aromatic heterocycles. The number of aliphatic carboxylic acids is 1. The molecule has 0 saturated carbocycles. The normalized spacial score (nSPS) is 13.4. The molecule has 0 bridgehead atoms. The van der Waals surface area contributed by atoms with Gasteiger partial charge in [0.15, 0.2) is 0 Å². The van der Waals surface area contributed by atoms with Crippen LogP contribution in [0.25, 0.3) is 0 Å². The van der Waals surface area contributed by atoms with E-state index in [0.29, 0.717) is 6.42 Å². The molecule has 1 aliphatic heterocycles. The number of carboxylic acid groups (broad SMARTS) is 1. The monoisotopic (exact) mass is 347 g/mol. The Hall–Kier alpha value is -1.85. The average molecular weight is 348 g/mol. The molecule has 24 heavy (non-hydrogen) atoms. The van der Waals surface area contributed by atoms with Gasteiger partial charge in [-0.15, -0.1) is 0 Å². The quantitative estimate of drug-likeness (QED) is 0.795. The number of hydrogen-bond donors (Lipinski definition) is 1. The predicted molar refractivity (Wildman–Crippen MR) is 93.0 cm³/mol. The molecule has 1 aliphatic rings. The third kappa shape index (κ3) is 4.36. The molecule has 0 amide bonds. The Labute approximate surface area is 146 Å². The molecule has 5 nitrogen and oxygen atoms in total. The van der Waals surface area contributed by atoms with Crippen molar-refractivity contribution in [3.8, 4) is 0 Å². The first-order valence-electron chi connectivity index (χ1n) is 8.33. The van der Waals surface area contributed by atoms with Crippen LogP contribution in [0.5, 0.6) is 0 Å². The van der Waals surface area contributed by atoms with Gasteiger partial charge in [-0.1, -0.05) is 23.7 Å². The number of carboxylic acids is 1. The van der Waals surface area contributed by atoms with E-state index in [-0.39, 0.29) is 6.42 Å². The number of aryl methyl sites for hydroxylation is 1. The maximum atomic E-state index is 10.8. The first-order chi connectivity index (χ1) is 11.6. The van der Waals surface area contributed by atoms with Crippen LogP contribution in [0.2, 0.25) is 5.02 Å². The summed E-state index contributed by atoms with van der Waals surface area (Å²) in [5.41, 5.74) is 2.39. The third-order valence-corrected chi connectivity index (χ3v) is 4.62. The Balaban J connectivity index is 1.68. The van der Waals surface area contributed by atoms with E-state index in [1.807, 2.05) is 30.5 Å². The van der Waals surface area contributed by atoms with Gasteiger partial charge in [-0.2, -0.15) is 0 Å². The zero-order chi connectivity index (χ0) is 16.9. The van der Waals surface area contributed by atoms with Gasteiger partial charge < -0.3 is 9.67 Å². The van der Waals surface area contributed by atoms with Crippen LogP contribution in [-0.4, -0.2) is 32.1 Å². The van der Waals surface area contributed by atoms with Crippen molar-refractivity contribution in [1.29, 1.82) is 0 Å². The molecule has 1 aromatic carbocycles. The third-order valence-electron chi connectivity index (χ3n) is 4.37. The van der Waals surface area contributed by atoms with E-state index in [2.05, 4.69) is 14.5 Å². The van der Waals surface area contributed by atoms with E-state index in [1.165, 1.54) is 17.1 Å². The largest absolute Gasteiger partial charge is 0.481 e. The molecule has 0 atom stereocenters. The fourth-order valence-corrected chi connectivity index (χ4v) is 3.32. The lowest BCUT2D eigenvalue weighted by Gasteiger charge is -2.22. The number of hydrogen-bond acceptors (Lipinski definition) is 3. The maximum absolute atomic E-state index is 10.8. The molecule has 6 heteroatoms. The van der Waals surface area contributed by atoms with Crippen LogP contribution in [0, 0.1) is 0 Å². The van der Waals surface area contributed by atoms with Gasteiger partial charge >= 0.3 is 5.97 Å². The highest BCUT2D eigenvalue weighted by molar-refractivity contribution is 6.30. The van der Waals surface area contributed by atoms with Crippen LogP contribution in [0.4, 0.5) is 0 Å². The summed E-state index contributed by atoms with van der Waals surface area (Å²) in [6, 6.07) is 7.83. The SMILES string of the molecule is O=C(O)CCCN(Cc1ccc(Cl)cc1)Cc1cnc2n1CCC2. The van der Waals surface area contributed by atoms with Crippen molar-refractivity contribution >= 4 is 17.6 Å². The summed E-state index contributed by atoms with van der Waals surface area (Å²) in [6.45, 7) is 3.34. The molecule has 0 fully saturated rings. The molecular weight excluding hydrogens is 326 g/mol. The lowest BCUT2D eigenvalue weighted by atomic mass is 10.2.